The molecule has 1 N–H and O–H groups in total. The second kappa shape index (κ2) is 6.77. The van der Waals surface area contributed by atoms with Gasteiger partial charge >= 0.3 is 0 Å². The fourth-order valence-corrected chi connectivity index (χ4v) is 3.81. The second-order valence-corrected chi connectivity index (χ2v) is 6.88. The number of rotatable bonds is 4. The molecule has 3 rings (SSSR count). The highest BCUT2D eigenvalue weighted by molar-refractivity contribution is 9.10. The molecular weight excluding hydrogens is 348 g/mol. The summed E-state index contributed by atoms with van der Waals surface area (Å²) in [5.74, 6) is 0. The van der Waals surface area contributed by atoms with E-state index in [2.05, 4.69) is 54.2 Å². The number of piperazine rings is 1. The lowest BCUT2D eigenvalue weighted by atomic mass is 10.1. The quantitative estimate of drug-likeness (QED) is 0.901. The fraction of sp³-hybridized carbons (Fsp3) is 0.400. The number of nitrogens with one attached hydrogen (secondary N) is 1. The molecule has 0 saturated carbocycles. The summed E-state index contributed by atoms with van der Waals surface area (Å²) >= 11 is 5.28. The van der Waals surface area contributed by atoms with E-state index in [-0.39, 0.29) is 0 Å². The van der Waals surface area contributed by atoms with Crippen molar-refractivity contribution < 1.29 is 0 Å². The summed E-state index contributed by atoms with van der Waals surface area (Å²) in [5.41, 5.74) is 2.68. The van der Waals surface area contributed by atoms with Crippen LogP contribution in [-0.2, 0) is 6.54 Å². The minimum Gasteiger partial charge on any atom is -0.368 e. The third-order valence-electron chi connectivity index (χ3n) is 3.72. The summed E-state index contributed by atoms with van der Waals surface area (Å²) in [6.45, 7) is 5.03. The zero-order valence-corrected chi connectivity index (χ0v) is 14.5. The third-order valence-corrected chi connectivity index (χ3v) is 5.04. The molecule has 2 heterocycles. The Kier molecular flexibility index (Phi) is 4.77. The van der Waals surface area contributed by atoms with Gasteiger partial charge in [-0.05, 0) is 30.8 Å². The van der Waals surface area contributed by atoms with Gasteiger partial charge in [-0.2, -0.15) is 0 Å². The van der Waals surface area contributed by atoms with Crippen LogP contribution in [0.1, 0.15) is 5.56 Å². The summed E-state index contributed by atoms with van der Waals surface area (Å²) in [7, 11) is 1.99. The van der Waals surface area contributed by atoms with Crippen LogP contribution in [0.4, 0.5) is 10.8 Å². The third kappa shape index (κ3) is 3.39. The maximum Gasteiger partial charge on any atom is 0.185 e. The van der Waals surface area contributed by atoms with Crippen molar-refractivity contribution in [3.8, 4) is 0 Å². The van der Waals surface area contributed by atoms with Gasteiger partial charge in [0.1, 0.15) is 0 Å². The van der Waals surface area contributed by atoms with Crippen LogP contribution in [0.2, 0.25) is 0 Å². The molecule has 0 spiro atoms. The molecule has 1 aromatic carbocycles. The number of thiazole rings is 1. The average molecular weight is 367 g/mol. The summed E-state index contributed by atoms with van der Waals surface area (Å²) in [6, 6.07) is 6.55. The average Bonchev–Trinajstić information content (AvgIpc) is 3.02. The lowest BCUT2D eigenvalue weighted by Gasteiger charge is -2.37. The van der Waals surface area contributed by atoms with Crippen molar-refractivity contribution in [2.24, 2.45) is 0 Å². The fourth-order valence-electron chi connectivity index (χ4n) is 2.71. The van der Waals surface area contributed by atoms with Gasteiger partial charge in [-0.1, -0.05) is 15.9 Å². The van der Waals surface area contributed by atoms with E-state index in [1.54, 1.807) is 11.3 Å². The zero-order valence-electron chi connectivity index (χ0n) is 12.1. The normalized spacial score (nSPS) is 15.5. The SMILES string of the molecule is CNCc1cc(Br)ccc1N1CCN(c2nccs2)CC1. The first-order valence-electron chi connectivity index (χ1n) is 7.10. The number of benzene rings is 1. The number of halogens is 1. The molecule has 2 aromatic rings. The van der Waals surface area contributed by atoms with E-state index < -0.39 is 0 Å². The molecule has 0 radical (unpaired) electrons. The van der Waals surface area contributed by atoms with Crippen molar-refractivity contribution in [2.75, 3.05) is 43.0 Å². The predicted molar refractivity (Wildman–Crippen MR) is 93.4 cm³/mol. The minimum atomic E-state index is 0.890. The molecule has 0 aliphatic carbocycles. The van der Waals surface area contributed by atoms with E-state index in [0.29, 0.717) is 0 Å². The summed E-state index contributed by atoms with van der Waals surface area (Å²) in [6.07, 6.45) is 1.88. The van der Waals surface area contributed by atoms with Crippen LogP contribution in [0.15, 0.2) is 34.2 Å². The molecule has 1 aromatic heterocycles. The van der Waals surface area contributed by atoms with Gasteiger partial charge in [0.15, 0.2) is 5.13 Å². The lowest BCUT2D eigenvalue weighted by Crippen LogP contribution is -2.46. The van der Waals surface area contributed by atoms with Crippen LogP contribution >= 0.6 is 27.3 Å². The molecule has 112 valence electrons. The Morgan fingerprint density at radius 2 is 2.00 bits per heavy atom. The van der Waals surface area contributed by atoms with E-state index in [0.717, 1.165) is 42.3 Å². The molecular formula is C15H19BrN4S. The van der Waals surface area contributed by atoms with Crippen molar-refractivity contribution in [3.05, 3.63) is 39.8 Å². The number of nitrogens with zero attached hydrogens (tertiary/aromatic N) is 3. The molecule has 1 aliphatic rings. The lowest BCUT2D eigenvalue weighted by molar-refractivity contribution is 0.648. The molecule has 21 heavy (non-hydrogen) atoms. The Morgan fingerprint density at radius 1 is 1.24 bits per heavy atom. The van der Waals surface area contributed by atoms with Crippen LogP contribution in [-0.4, -0.2) is 38.2 Å². The summed E-state index contributed by atoms with van der Waals surface area (Å²) in [4.78, 5) is 9.25. The molecule has 0 unspecified atom stereocenters. The first-order valence-corrected chi connectivity index (χ1v) is 8.77. The van der Waals surface area contributed by atoms with Gasteiger partial charge in [0, 0.05) is 54.5 Å². The smallest absolute Gasteiger partial charge is 0.185 e. The van der Waals surface area contributed by atoms with E-state index in [1.165, 1.54) is 11.3 Å². The van der Waals surface area contributed by atoms with Gasteiger partial charge in [0.05, 0.1) is 0 Å². The maximum absolute atomic E-state index is 4.41. The molecule has 1 fully saturated rings. The molecule has 0 amide bonds. The topological polar surface area (TPSA) is 31.4 Å². The summed E-state index contributed by atoms with van der Waals surface area (Å²) < 4.78 is 1.14. The Labute approximate surface area is 137 Å². The van der Waals surface area contributed by atoms with E-state index in [9.17, 15) is 0 Å². The second-order valence-electron chi connectivity index (χ2n) is 5.09. The first-order chi connectivity index (χ1) is 10.3. The van der Waals surface area contributed by atoms with E-state index in [4.69, 9.17) is 0 Å². The minimum absolute atomic E-state index is 0.890. The maximum atomic E-state index is 4.41. The number of hydrogen-bond donors (Lipinski definition) is 1. The van der Waals surface area contributed by atoms with Crippen molar-refractivity contribution >= 4 is 38.1 Å². The van der Waals surface area contributed by atoms with Gasteiger partial charge in [-0.3, -0.25) is 0 Å². The highest BCUT2D eigenvalue weighted by Crippen LogP contribution is 2.27. The van der Waals surface area contributed by atoms with Gasteiger partial charge in [0.25, 0.3) is 0 Å². The number of anilines is 2. The number of hydrogen-bond acceptors (Lipinski definition) is 5. The van der Waals surface area contributed by atoms with Crippen molar-refractivity contribution in [3.63, 3.8) is 0 Å². The molecule has 4 nitrogen and oxygen atoms in total. The summed E-state index contributed by atoms with van der Waals surface area (Å²) in [5, 5.41) is 6.44. The van der Waals surface area contributed by atoms with Crippen LogP contribution in [0, 0.1) is 0 Å². The van der Waals surface area contributed by atoms with Crippen molar-refractivity contribution in [1.82, 2.24) is 10.3 Å². The van der Waals surface area contributed by atoms with Crippen LogP contribution in [0.3, 0.4) is 0 Å². The van der Waals surface area contributed by atoms with Gasteiger partial charge < -0.3 is 15.1 Å². The molecule has 0 atom stereocenters. The van der Waals surface area contributed by atoms with Crippen molar-refractivity contribution in [1.29, 1.82) is 0 Å². The monoisotopic (exact) mass is 366 g/mol. The molecule has 1 saturated heterocycles. The van der Waals surface area contributed by atoms with Gasteiger partial charge in [-0.15, -0.1) is 11.3 Å². The standard InChI is InChI=1S/C15H19BrN4S/c1-17-11-12-10-13(16)2-3-14(12)19-5-7-20(8-6-19)15-18-4-9-21-15/h2-4,9-10,17H,5-8,11H2,1H3. The Balaban J connectivity index is 1.72. The number of aromatic nitrogens is 1. The Hall–Kier alpha value is -1.11. The first kappa shape index (κ1) is 14.8. The van der Waals surface area contributed by atoms with Gasteiger partial charge in [0.2, 0.25) is 0 Å². The van der Waals surface area contributed by atoms with Crippen LogP contribution in [0.5, 0.6) is 0 Å². The van der Waals surface area contributed by atoms with E-state index >= 15 is 0 Å². The van der Waals surface area contributed by atoms with Crippen molar-refractivity contribution in [2.45, 2.75) is 6.54 Å². The van der Waals surface area contributed by atoms with Crippen LogP contribution in [0.25, 0.3) is 0 Å². The Bertz CT molecular complexity index is 579. The Morgan fingerprint density at radius 3 is 2.67 bits per heavy atom. The molecule has 6 heteroatoms. The van der Waals surface area contributed by atoms with Gasteiger partial charge in [-0.25, -0.2) is 4.98 Å². The highest BCUT2D eigenvalue weighted by Gasteiger charge is 2.20. The highest BCUT2D eigenvalue weighted by atomic mass is 79.9. The van der Waals surface area contributed by atoms with Crippen LogP contribution < -0.4 is 15.1 Å². The molecule has 1 aliphatic heterocycles. The van der Waals surface area contributed by atoms with E-state index in [1.807, 2.05) is 18.6 Å². The predicted octanol–water partition coefficient (Wildman–Crippen LogP) is 2.95. The largest absolute Gasteiger partial charge is 0.368 e. The molecule has 0 bridgehead atoms. The zero-order chi connectivity index (χ0) is 14.7.